The first-order valence-electron chi connectivity index (χ1n) is 10.5. The van der Waals surface area contributed by atoms with Crippen molar-refractivity contribution in [1.29, 1.82) is 10.5 Å². The van der Waals surface area contributed by atoms with Crippen LogP contribution in [0.3, 0.4) is 0 Å². The van der Waals surface area contributed by atoms with E-state index in [4.69, 9.17) is 5.73 Å². The number of nitrogens with zero attached hydrogens (tertiary/aromatic N) is 4. The summed E-state index contributed by atoms with van der Waals surface area (Å²) < 4.78 is 0. The lowest BCUT2D eigenvalue weighted by molar-refractivity contribution is 0.395. The summed E-state index contributed by atoms with van der Waals surface area (Å²) in [4.78, 5) is 6.78. The molecule has 0 amide bonds. The molecule has 2 N–H and O–H groups in total. The van der Waals surface area contributed by atoms with Crippen LogP contribution in [-0.4, -0.2) is 17.6 Å². The molecule has 31 heavy (non-hydrogen) atoms. The molecule has 0 radical (unpaired) electrons. The van der Waals surface area contributed by atoms with Crippen molar-refractivity contribution in [2.45, 2.75) is 52.5 Å². The number of nitrogens with two attached hydrogens (primary N) is 1. The van der Waals surface area contributed by atoms with Crippen molar-refractivity contribution >= 4 is 28.7 Å². The quantitative estimate of drug-likeness (QED) is 0.679. The van der Waals surface area contributed by atoms with E-state index in [0.717, 1.165) is 34.3 Å². The molecule has 0 spiro atoms. The maximum absolute atomic E-state index is 9.76. The molecule has 5 heteroatoms. The Labute approximate surface area is 184 Å². The Morgan fingerprint density at radius 1 is 1.23 bits per heavy atom. The third-order valence-electron chi connectivity index (χ3n) is 6.95. The van der Waals surface area contributed by atoms with Gasteiger partial charge in [-0.1, -0.05) is 13.0 Å². The molecule has 4 rings (SSSR count). The number of hydrogen-bond acceptors (Lipinski definition) is 5. The van der Waals surface area contributed by atoms with Crippen LogP contribution in [0.25, 0.3) is 17.2 Å². The molecule has 1 aliphatic heterocycles. The van der Waals surface area contributed by atoms with Crippen molar-refractivity contribution in [2.24, 2.45) is 0 Å². The minimum absolute atomic E-state index is 0.119. The lowest BCUT2D eigenvalue weighted by Crippen LogP contribution is -2.45. The van der Waals surface area contributed by atoms with Gasteiger partial charge in [0.1, 0.15) is 18.0 Å². The Kier molecular flexibility index (Phi) is 4.67. The number of fused-ring (bicyclic) bond motifs is 2. The van der Waals surface area contributed by atoms with Gasteiger partial charge in [-0.2, -0.15) is 10.5 Å². The molecule has 1 unspecified atom stereocenters. The number of anilines is 2. The predicted molar refractivity (Wildman–Crippen MR) is 126 cm³/mol. The zero-order valence-electron chi connectivity index (χ0n) is 19.0. The van der Waals surface area contributed by atoms with Gasteiger partial charge >= 0.3 is 0 Å². The molecular formula is C26H27N5. The fourth-order valence-electron chi connectivity index (χ4n) is 5.05. The van der Waals surface area contributed by atoms with E-state index in [1.807, 2.05) is 13.8 Å². The van der Waals surface area contributed by atoms with Crippen molar-refractivity contribution in [3.63, 3.8) is 0 Å². The number of rotatable bonds is 1. The standard InChI is InChI=1S/C26H27N5/c1-14-11-26(4,5)31(6)22-8-7-17(9-18(14)22)10-19-15(2)20(12-27)24-23(19)16(3)21(13-28)25(29)30-24/h7-10,14H,11H2,1-6H3,(H2,29,30)/b19-10+. The van der Waals surface area contributed by atoms with Gasteiger partial charge in [0.15, 0.2) is 0 Å². The van der Waals surface area contributed by atoms with E-state index in [9.17, 15) is 10.5 Å². The first-order chi connectivity index (χ1) is 14.6. The smallest absolute Gasteiger partial charge is 0.142 e. The minimum Gasteiger partial charge on any atom is -0.383 e. The summed E-state index contributed by atoms with van der Waals surface area (Å²) in [5.74, 6) is 0.629. The summed E-state index contributed by atoms with van der Waals surface area (Å²) in [6.45, 7) is 10.7. The average molecular weight is 410 g/mol. The topological polar surface area (TPSA) is 89.7 Å². The maximum Gasteiger partial charge on any atom is 0.142 e. The largest absolute Gasteiger partial charge is 0.383 e. The van der Waals surface area contributed by atoms with Crippen LogP contribution in [0.5, 0.6) is 0 Å². The molecular weight excluding hydrogens is 382 g/mol. The maximum atomic E-state index is 9.76. The number of allylic oxidation sites excluding steroid dienone is 3. The minimum atomic E-state index is 0.119. The van der Waals surface area contributed by atoms with Gasteiger partial charge in [0.2, 0.25) is 0 Å². The summed E-state index contributed by atoms with van der Waals surface area (Å²) in [5, 5.41) is 19.3. The number of hydrogen-bond donors (Lipinski definition) is 1. The summed E-state index contributed by atoms with van der Waals surface area (Å²) in [6.07, 6.45) is 3.20. The van der Waals surface area contributed by atoms with E-state index in [0.29, 0.717) is 22.7 Å². The van der Waals surface area contributed by atoms with E-state index < -0.39 is 0 Å². The van der Waals surface area contributed by atoms with Crippen LogP contribution in [0.2, 0.25) is 0 Å². The average Bonchev–Trinajstić information content (AvgIpc) is 2.97. The molecule has 5 nitrogen and oxygen atoms in total. The van der Waals surface area contributed by atoms with Crippen molar-refractivity contribution in [3.05, 3.63) is 57.3 Å². The molecule has 0 saturated heterocycles. The Morgan fingerprint density at radius 2 is 1.94 bits per heavy atom. The van der Waals surface area contributed by atoms with E-state index in [-0.39, 0.29) is 11.4 Å². The lowest BCUT2D eigenvalue weighted by atomic mass is 9.80. The van der Waals surface area contributed by atoms with Crippen LogP contribution >= 0.6 is 0 Å². The third-order valence-corrected chi connectivity index (χ3v) is 6.95. The van der Waals surface area contributed by atoms with Gasteiger partial charge in [-0.05, 0) is 86.1 Å². The molecule has 156 valence electrons. The van der Waals surface area contributed by atoms with Gasteiger partial charge in [-0.25, -0.2) is 4.98 Å². The van der Waals surface area contributed by atoms with Crippen LogP contribution in [0.1, 0.15) is 73.5 Å². The van der Waals surface area contributed by atoms with Gasteiger partial charge < -0.3 is 10.6 Å². The van der Waals surface area contributed by atoms with E-state index in [1.165, 1.54) is 11.3 Å². The summed E-state index contributed by atoms with van der Waals surface area (Å²) >= 11 is 0. The first-order valence-corrected chi connectivity index (χ1v) is 10.5. The zero-order valence-corrected chi connectivity index (χ0v) is 19.0. The fourth-order valence-corrected chi connectivity index (χ4v) is 5.05. The fraction of sp³-hybridized carbons (Fsp3) is 0.346. The van der Waals surface area contributed by atoms with Crippen molar-refractivity contribution in [3.8, 4) is 12.1 Å². The normalized spacial score (nSPS) is 20.3. The molecule has 0 bridgehead atoms. The van der Waals surface area contributed by atoms with Crippen molar-refractivity contribution in [2.75, 3.05) is 17.7 Å². The highest BCUT2D eigenvalue weighted by atomic mass is 15.2. The number of nitrogen functional groups attached to an aromatic ring is 1. The van der Waals surface area contributed by atoms with E-state index in [1.54, 1.807) is 0 Å². The molecule has 2 aromatic rings. The molecule has 2 heterocycles. The van der Waals surface area contributed by atoms with Crippen LogP contribution in [0.15, 0.2) is 23.8 Å². The number of aromatic nitrogens is 1. The Bertz CT molecular complexity index is 1260. The highest BCUT2D eigenvalue weighted by molar-refractivity contribution is 6.08. The Balaban J connectivity index is 1.90. The predicted octanol–water partition coefficient (Wildman–Crippen LogP) is 5.42. The summed E-state index contributed by atoms with van der Waals surface area (Å²) in [6, 6.07) is 11.0. The number of nitriles is 2. The monoisotopic (exact) mass is 409 g/mol. The van der Waals surface area contributed by atoms with Gasteiger partial charge in [-0.3, -0.25) is 0 Å². The molecule has 2 aliphatic rings. The van der Waals surface area contributed by atoms with Gasteiger partial charge in [0, 0.05) is 23.8 Å². The number of benzene rings is 1. The summed E-state index contributed by atoms with van der Waals surface area (Å²) in [7, 11) is 2.16. The van der Waals surface area contributed by atoms with Crippen LogP contribution in [0, 0.1) is 29.6 Å². The highest BCUT2D eigenvalue weighted by Crippen LogP contribution is 2.46. The SMILES string of the molecule is CC1=C(C#N)c2nc(N)c(C#N)c(C)c2/C1=C/c1ccc2c(c1)C(C)CC(C)(C)N2C. The Morgan fingerprint density at radius 3 is 2.58 bits per heavy atom. The lowest BCUT2D eigenvalue weighted by Gasteiger charge is -2.45. The molecule has 0 fully saturated rings. The molecule has 1 aromatic carbocycles. The zero-order chi connectivity index (χ0) is 22.7. The Hall–Kier alpha value is -3.57. The first kappa shape index (κ1) is 20.7. The van der Waals surface area contributed by atoms with Crippen LogP contribution in [0.4, 0.5) is 11.5 Å². The van der Waals surface area contributed by atoms with E-state index in [2.05, 4.69) is 74.1 Å². The third kappa shape index (κ3) is 3.01. The van der Waals surface area contributed by atoms with E-state index >= 15 is 0 Å². The molecule has 1 aromatic heterocycles. The van der Waals surface area contributed by atoms with Gasteiger partial charge in [0.05, 0.1) is 16.8 Å². The van der Waals surface area contributed by atoms with Crippen LogP contribution < -0.4 is 10.6 Å². The van der Waals surface area contributed by atoms with Gasteiger partial charge in [0.25, 0.3) is 0 Å². The molecule has 1 aliphatic carbocycles. The van der Waals surface area contributed by atoms with Crippen molar-refractivity contribution < 1.29 is 0 Å². The second kappa shape index (κ2) is 7.00. The molecule has 1 atom stereocenters. The second-order valence-corrected chi connectivity index (χ2v) is 9.30. The number of pyridine rings is 1. The highest BCUT2D eigenvalue weighted by Gasteiger charge is 2.34. The van der Waals surface area contributed by atoms with Crippen molar-refractivity contribution in [1.82, 2.24) is 4.98 Å². The summed E-state index contributed by atoms with van der Waals surface area (Å²) in [5.41, 5.74) is 14.7. The molecule has 0 saturated carbocycles. The van der Waals surface area contributed by atoms with Gasteiger partial charge in [-0.15, -0.1) is 0 Å². The second-order valence-electron chi connectivity index (χ2n) is 9.30. The van der Waals surface area contributed by atoms with Crippen LogP contribution in [-0.2, 0) is 0 Å².